The molecule has 2 fully saturated rings. The maximum absolute atomic E-state index is 12.7. The van der Waals surface area contributed by atoms with E-state index in [0.29, 0.717) is 25.1 Å². The Morgan fingerprint density at radius 2 is 1.68 bits per heavy atom. The second kappa shape index (κ2) is 8.70. The molecule has 2 aliphatic heterocycles. The molecular formula is C20H26N2O6. The average molecular weight is 390 g/mol. The van der Waals surface area contributed by atoms with Crippen LogP contribution in [0.25, 0.3) is 0 Å². The van der Waals surface area contributed by atoms with Crippen molar-refractivity contribution >= 4 is 17.9 Å². The van der Waals surface area contributed by atoms with Crippen LogP contribution in [-0.2, 0) is 23.8 Å². The van der Waals surface area contributed by atoms with Crippen molar-refractivity contribution in [3.8, 4) is 0 Å². The smallest absolute Gasteiger partial charge is 0.338 e. The van der Waals surface area contributed by atoms with Gasteiger partial charge in [0.15, 0.2) is 12.2 Å². The van der Waals surface area contributed by atoms with Gasteiger partial charge in [-0.3, -0.25) is 14.5 Å². The summed E-state index contributed by atoms with van der Waals surface area (Å²) < 4.78 is 16.9. The van der Waals surface area contributed by atoms with E-state index in [-0.39, 0.29) is 18.1 Å². The first-order valence-electron chi connectivity index (χ1n) is 9.42. The Kier molecular flexibility index (Phi) is 6.31. The Morgan fingerprint density at radius 3 is 2.29 bits per heavy atom. The zero-order chi connectivity index (χ0) is 20.3. The number of benzene rings is 1. The SMILES string of the molecule is CN[C@H]1CN2CC[C@H](OC(C)=O)C2[C@@H](OC(C)=O)[C@@H]1OC(=O)c1ccccc1. The molecule has 1 unspecified atom stereocenters. The van der Waals surface area contributed by atoms with Crippen LogP contribution in [0.15, 0.2) is 30.3 Å². The van der Waals surface area contributed by atoms with Crippen molar-refractivity contribution in [1.82, 2.24) is 10.2 Å². The van der Waals surface area contributed by atoms with E-state index in [1.807, 2.05) is 6.07 Å². The van der Waals surface area contributed by atoms with Gasteiger partial charge in [-0.2, -0.15) is 0 Å². The number of carbonyl (C=O) groups is 3. The number of piperidine rings is 1. The number of fused-ring (bicyclic) bond motifs is 1. The predicted molar refractivity (Wildman–Crippen MR) is 99.6 cm³/mol. The van der Waals surface area contributed by atoms with E-state index in [9.17, 15) is 14.4 Å². The van der Waals surface area contributed by atoms with Gasteiger partial charge in [-0.05, 0) is 25.6 Å². The lowest BCUT2D eigenvalue weighted by molar-refractivity contribution is -0.174. The lowest BCUT2D eigenvalue weighted by atomic mass is 9.90. The molecule has 2 saturated heterocycles. The summed E-state index contributed by atoms with van der Waals surface area (Å²) in [5.74, 6) is -1.35. The van der Waals surface area contributed by atoms with Crippen molar-refractivity contribution in [2.75, 3.05) is 20.1 Å². The maximum atomic E-state index is 12.7. The van der Waals surface area contributed by atoms with Crippen molar-refractivity contribution in [3.63, 3.8) is 0 Å². The summed E-state index contributed by atoms with van der Waals surface area (Å²) in [6, 6.07) is 8.08. The van der Waals surface area contributed by atoms with Gasteiger partial charge in [-0.1, -0.05) is 18.2 Å². The first kappa shape index (κ1) is 20.3. The average Bonchev–Trinajstić information content (AvgIpc) is 3.05. The normalized spacial score (nSPS) is 29.6. The minimum absolute atomic E-state index is 0.232. The molecule has 0 aliphatic carbocycles. The summed E-state index contributed by atoms with van der Waals surface area (Å²) in [6.07, 6.45) is -1.24. The summed E-state index contributed by atoms with van der Waals surface area (Å²) in [7, 11) is 1.78. The van der Waals surface area contributed by atoms with Gasteiger partial charge < -0.3 is 19.5 Å². The molecule has 0 aromatic heterocycles. The summed E-state index contributed by atoms with van der Waals surface area (Å²) in [5, 5.41) is 3.16. The minimum Gasteiger partial charge on any atom is -0.461 e. The van der Waals surface area contributed by atoms with E-state index in [1.54, 1.807) is 31.3 Å². The first-order chi connectivity index (χ1) is 13.4. The zero-order valence-electron chi connectivity index (χ0n) is 16.3. The first-order valence-corrected chi connectivity index (χ1v) is 9.42. The number of likely N-dealkylation sites (N-methyl/N-ethyl adjacent to an activating group) is 1. The van der Waals surface area contributed by atoms with Crippen molar-refractivity contribution in [3.05, 3.63) is 35.9 Å². The fraction of sp³-hybridized carbons (Fsp3) is 0.550. The number of carbonyl (C=O) groups excluding carboxylic acids is 3. The highest BCUT2D eigenvalue weighted by atomic mass is 16.6. The van der Waals surface area contributed by atoms with Crippen LogP contribution >= 0.6 is 0 Å². The fourth-order valence-electron chi connectivity index (χ4n) is 4.10. The molecule has 8 heteroatoms. The Labute approximate surface area is 164 Å². The Balaban J connectivity index is 1.88. The van der Waals surface area contributed by atoms with Crippen LogP contribution in [0.1, 0.15) is 30.6 Å². The van der Waals surface area contributed by atoms with Crippen molar-refractivity contribution in [2.24, 2.45) is 0 Å². The number of hydrogen-bond acceptors (Lipinski definition) is 8. The van der Waals surface area contributed by atoms with Crippen LogP contribution in [0.5, 0.6) is 0 Å². The number of rotatable bonds is 5. The molecule has 0 saturated carbocycles. The Morgan fingerprint density at radius 1 is 1.00 bits per heavy atom. The highest BCUT2D eigenvalue weighted by Crippen LogP contribution is 2.33. The van der Waals surface area contributed by atoms with Crippen LogP contribution in [-0.4, -0.2) is 73.3 Å². The van der Waals surface area contributed by atoms with Crippen molar-refractivity contribution in [2.45, 2.75) is 50.7 Å². The highest BCUT2D eigenvalue weighted by Gasteiger charge is 2.53. The molecule has 0 spiro atoms. The van der Waals surface area contributed by atoms with Crippen LogP contribution in [0.2, 0.25) is 0 Å². The largest absolute Gasteiger partial charge is 0.461 e. The lowest BCUT2D eigenvalue weighted by Gasteiger charge is -2.46. The molecule has 3 rings (SSSR count). The van der Waals surface area contributed by atoms with Crippen LogP contribution < -0.4 is 5.32 Å². The van der Waals surface area contributed by atoms with E-state index in [0.717, 1.165) is 0 Å². The standard InChI is InChI=1S/C20H26N2O6/c1-12(23)26-16-9-10-22-11-15(21-3)18(19(17(16)22)27-13(2)24)28-20(25)14-7-5-4-6-8-14/h4-8,15-19,21H,9-11H2,1-3H3/t15-,16-,17?,18+,19+/m0/s1. The van der Waals surface area contributed by atoms with Crippen LogP contribution in [0, 0.1) is 0 Å². The van der Waals surface area contributed by atoms with E-state index in [1.165, 1.54) is 13.8 Å². The number of ether oxygens (including phenoxy) is 3. The third-order valence-corrected chi connectivity index (χ3v) is 5.23. The summed E-state index contributed by atoms with van der Waals surface area (Å²) >= 11 is 0. The molecular weight excluding hydrogens is 364 g/mol. The molecule has 1 N–H and O–H groups in total. The minimum atomic E-state index is -0.747. The molecule has 0 bridgehead atoms. The Hall–Kier alpha value is -2.45. The van der Waals surface area contributed by atoms with Crippen molar-refractivity contribution in [1.29, 1.82) is 0 Å². The molecule has 2 aliphatic rings. The van der Waals surface area contributed by atoms with Crippen LogP contribution in [0.3, 0.4) is 0 Å². The molecule has 1 aromatic carbocycles. The molecule has 0 radical (unpaired) electrons. The summed E-state index contributed by atoms with van der Waals surface area (Å²) in [5.41, 5.74) is 0.421. The van der Waals surface area contributed by atoms with Gasteiger partial charge in [-0.15, -0.1) is 0 Å². The summed E-state index contributed by atoms with van der Waals surface area (Å²) in [6.45, 7) is 3.97. The number of hydrogen-bond donors (Lipinski definition) is 1. The molecule has 152 valence electrons. The van der Waals surface area contributed by atoms with Gasteiger partial charge in [0.25, 0.3) is 0 Å². The maximum Gasteiger partial charge on any atom is 0.338 e. The quantitative estimate of drug-likeness (QED) is 0.582. The van der Waals surface area contributed by atoms with Crippen LogP contribution in [0.4, 0.5) is 0 Å². The molecule has 1 aromatic rings. The van der Waals surface area contributed by atoms with Gasteiger partial charge in [0.05, 0.1) is 17.6 Å². The fourth-order valence-corrected chi connectivity index (χ4v) is 4.10. The van der Waals surface area contributed by atoms with E-state index < -0.39 is 30.3 Å². The van der Waals surface area contributed by atoms with Gasteiger partial charge in [0.2, 0.25) is 0 Å². The van der Waals surface area contributed by atoms with E-state index in [2.05, 4.69) is 10.2 Å². The van der Waals surface area contributed by atoms with Gasteiger partial charge >= 0.3 is 17.9 Å². The van der Waals surface area contributed by atoms with Crippen molar-refractivity contribution < 1.29 is 28.6 Å². The second-order valence-corrected chi connectivity index (χ2v) is 7.13. The van der Waals surface area contributed by atoms with Gasteiger partial charge in [-0.25, -0.2) is 4.79 Å². The molecule has 5 atom stereocenters. The monoisotopic (exact) mass is 390 g/mol. The second-order valence-electron chi connectivity index (χ2n) is 7.13. The van der Waals surface area contributed by atoms with E-state index in [4.69, 9.17) is 14.2 Å². The summed E-state index contributed by atoms with van der Waals surface area (Å²) in [4.78, 5) is 38.1. The molecule has 8 nitrogen and oxygen atoms in total. The number of nitrogens with one attached hydrogen (secondary N) is 1. The number of nitrogens with zero attached hydrogens (tertiary/aromatic N) is 1. The Bertz CT molecular complexity index is 725. The predicted octanol–water partition coefficient (Wildman–Crippen LogP) is 0.751. The third-order valence-electron chi connectivity index (χ3n) is 5.23. The van der Waals surface area contributed by atoms with E-state index >= 15 is 0 Å². The molecule has 0 amide bonds. The zero-order valence-corrected chi connectivity index (χ0v) is 16.3. The van der Waals surface area contributed by atoms with Gasteiger partial charge in [0, 0.05) is 26.9 Å². The van der Waals surface area contributed by atoms with Gasteiger partial charge in [0.1, 0.15) is 6.10 Å². The third kappa shape index (κ3) is 4.34. The number of esters is 3. The molecule has 2 heterocycles. The lowest BCUT2D eigenvalue weighted by Crippen LogP contribution is -2.66. The topological polar surface area (TPSA) is 94.2 Å². The molecule has 28 heavy (non-hydrogen) atoms. The highest BCUT2D eigenvalue weighted by molar-refractivity contribution is 5.89.